The zero-order valence-electron chi connectivity index (χ0n) is 14.5. The van der Waals surface area contributed by atoms with Crippen LogP contribution in [-0.2, 0) is 4.74 Å². The van der Waals surface area contributed by atoms with Gasteiger partial charge in [0.25, 0.3) is 0 Å². The topological polar surface area (TPSA) is 72.4 Å². The first kappa shape index (κ1) is 16.9. The maximum Gasteiger partial charge on any atom is 0.224 e. The lowest BCUT2D eigenvalue weighted by Gasteiger charge is -2.29. The molecule has 0 saturated carbocycles. The van der Waals surface area contributed by atoms with Gasteiger partial charge >= 0.3 is 0 Å². The van der Waals surface area contributed by atoms with E-state index in [2.05, 4.69) is 32.2 Å². The number of fused-ring (bicyclic) bond motifs is 1. The van der Waals surface area contributed by atoms with Crippen LogP contribution < -0.4 is 10.1 Å². The van der Waals surface area contributed by atoms with Crippen molar-refractivity contribution in [3.05, 3.63) is 18.5 Å². The van der Waals surface area contributed by atoms with Gasteiger partial charge < -0.3 is 19.7 Å². The van der Waals surface area contributed by atoms with E-state index in [0.717, 1.165) is 36.8 Å². The van der Waals surface area contributed by atoms with Gasteiger partial charge in [-0.25, -0.2) is 15.0 Å². The van der Waals surface area contributed by atoms with Crippen molar-refractivity contribution in [2.45, 2.75) is 31.9 Å². The molecule has 130 valence electrons. The van der Waals surface area contributed by atoms with Crippen molar-refractivity contribution in [2.75, 3.05) is 39.2 Å². The van der Waals surface area contributed by atoms with Crippen LogP contribution in [0.4, 0.5) is 5.95 Å². The molecule has 0 amide bonds. The van der Waals surface area contributed by atoms with E-state index in [-0.39, 0.29) is 12.1 Å². The average molecular weight is 331 g/mol. The summed E-state index contributed by atoms with van der Waals surface area (Å²) in [5.41, 5.74) is 0.829. The molecule has 2 aromatic rings. The van der Waals surface area contributed by atoms with Gasteiger partial charge in [0.05, 0.1) is 17.5 Å². The van der Waals surface area contributed by atoms with Crippen molar-refractivity contribution in [3.8, 4) is 5.88 Å². The Labute approximate surface area is 142 Å². The Hall–Kier alpha value is -1.99. The first-order chi connectivity index (χ1) is 11.7. The van der Waals surface area contributed by atoms with Gasteiger partial charge in [-0.2, -0.15) is 0 Å². The zero-order valence-corrected chi connectivity index (χ0v) is 14.5. The van der Waals surface area contributed by atoms with E-state index in [1.54, 1.807) is 19.5 Å². The molecule has 2 aromatic heterocycles. The van der Waals surface area contributed by atoms with Crippen molar-refractivity contribution in [1.82, 2.24) is 19.9 Å². The van der Waals surface area contributed by atoms with Crippen LogP contribution in [0.2, 0.25) is 0 Å². The first-order valence-electron chi connectivity index (χ1n) is 8.38. The maximum atomic E-state index is 6.12. The summed E-state index contributed by atoms with van der Waals surface area (Å²) < 4.78 is 11.2. The molecule has 7 nitrogen and oxygen atoms in total. The number of hydrogen-bond acceptors (Lipinski definition) is 7. The fourth-order valence-electron chi connectivity index (χ4n) is 2.87. The van der Waals surface area contributed by atoms with E-state index in [1.165, 1.54) is 0 Å². The van der Waals surface area contributed by atoms with Crippen molar-refractivity contribution >= 4 is 16.9 Å². The molecule has 1 aliphatic rings. The number of aromatic nitrogens is 3. The number of anilines is 1. The number of methoxy groups -OCH3 is 1. The third kappa shape index (κ3) is 4.10. The lowest BCUT2D eigenvalue weighted by molar-refractivity contribution is 0.111. The van der Waals surface area contributed by atoms with Gasteiger partial charge in [0.15, 0.2) is 0 Å². The Morgan fingerprint density at radius 2 is 2.12 bits per heavy atom. The number of piperidine rings is 1. The number of hydrogen-bond donors (Lipinski definition) is 1. The molecule has 0 aliphatic carbocycles. The Morgan fingerprint density at radius 1 is 1.33 bits per heavy atom. The molecule has 24 heavy (non-hydrogen) atoms. The van der Waals surface area contributed by atoms with Gasteiger partial charge in [-0.3, -0.25) is 0 Å². The average Bonchev–Trinajstić information content (AvgIpc) is 2.57. The minimum absolute atomic E-state index is 0.143. The number of nitrogens with zero attached hydrogens (tertiary/aromatic N) is 4. The van der Waals surface area contributed by atoms with E-state index in [0.29, 0.717) is 18.4 Å². The Kier molecular flexibility index (Phi) is 5.42. The van der Waals surface area contributed by atoms with Gasteiger partial charge in [-0.05, 0) is 32.9 Å². The molecule has 0 spiro atoms. The van der Waals surface area contributed by atoms with Crippen LogP contribution in [0.25, 0.3) is 10.9 Å². The van der Waals surface area contributed by atoms with Crippen molar-refractivity contribution in [3.63, 3.8) is 0 Å². The fraction of sp³-hybridized carbons (Fsp3) is 0.588. The second-order valence-corrected chi connectivity index (χ2v) is 6.36. The SMILES string of the molecule is COCC(C)Nc1ncc2c(OC3CCN(C)CC3)nccc2n1. The monoisotopic (exact) mass is 331 g/mol. The first-order valence-corrected chi connectivity index (χ1v) is 8.38. The summed E-state index contributed by atoms with van der Waals surface area (Å²) in [4.78, 5) is 15.6. The van der Waals surface area contributed by atoms with E-state index < -0.39 is 0 Å². The van der Waals surface area contributed by atoms with Gasteiger partial charge in [0.1, 0.15) is 6.10 Å². The Morgan fingerprint density at radius 3 is 2.88 bits per heavy atom. The Bertz CT molecular complexity index is 673. The van der Waals surface area contributed by atoms with Gasteiger partial charge in [-0.1, -0.05) is 0 Å². The smallest absolute Gasteiger partial charge is 0.224 e. The van der Waals surface area contributed by atoms with Gasteiger partial charge in [0.2, 0.25) is 11.8 Å². The molecule has 0 bridgehead atoms. The highest BCUT2D eigenvalue weighted by molar-refractivity contribution is 5.83. The number of rotatable bonds is 6. The molecule has 3 heterocycles. The zero-order chi connectivity index (χ0) is 16.9. The van der Waals surface area contributed by atoms with Crippen LogP contribution in [-0.4, -0.2) is 65.9 Å². The third-order valence-electron chi connectivity index (χ3n) is 4.21. The second-order valence-electron chi connectivity index (χ2n) is 6.36. The van der Waals surface area contributed by atoms with Gasteiger partial charge in [0, 0.05) is 38.6 Å². The minimum Gasteiger partial charge on any atom is -0.474 e. The summed E-state index contributed by atoms with van der Waals surface area (Å²) in [7, 11) is 3.82. The standard InChI is InChI=1S/C17H25N5O2/c1-12(11-23-3)20-17-19-10-14-15(21-17)4-7-18-16(14)24-13-5-8-22(2)9-6-13/h4,7,10,12-13H,5-6,8-9,11H2,1-3H3,(H,19,20,21). The lowest BCUT2D eigenvalue weighted by atomic mass is 10.1. The van der Waals surface area contributed by atoms with Crippen LogP contribution in [0, 0.1) is 0 Å². The van der Waals surface area contributed by atoms with E-state index in [1.807, 2.05) is 13.0 Å². The molecule has 1 atom stereocenters. The van der Waals surface area contributed by atoms with Crippen molar-refractivity contribution in [1.29, 1.82) is 0 Å². The maximum absolute atomic E-state index is 6.12. The fourth-order valence-corrected chi connectivity index (χ4v) is 2.87. The van der Waals surface area contributed by atoms with E-state index in [4.69, 9.17) is 9.47 Å². The number of pyridine rings is 1. The van der Waals surface area contributed by atoms with Gasteiger partial charge in [-0.15, -0.1) is 0 Å². The van der Waals surface area contributed by atoms with E-state index in [9.17, 15) is 0 Å². The molecule has 7 heteroatoms. The molecule has 1 fully saturated rings. The summed E-state index contributed by atoms with van der Waals surface area (Å²) in [6.07, 6.45) is 5.76. The number of nitrogens with one attached hydrogen (secondary N) is 1. The highest BCUT2D eigenvalue weighted by Crippen LogP contribution is 2.25. The summed E-state index contributed by atoms with van der Waals surface area (Å²) in [6, 6.07) is 2.02. The predicted octanol–water partition coefficient (Wildman–Crippen LogP) is 1.94. The highest BCUT2D eigenvalue weighted by Gasteiger charge is 2.19. The molecule has 1 aliphatic heterocycles. The third-order valence-corrected chi connectivity index (χ3v) is 4.21. The molecule has 1 saturated heterocycles. The summed E-state index contributed by atoms with van der Waals surface area (Å²) >= 11 is 0. The molecular weight excluding hydrogens is 306 g/mol. The van der Waals surface area contributed by atoms with E-state index >= 15 is 0 Å². The summed E-state index contributed by atoms with van der Waals surface area (Å²) in [5, 5.41) is 4.08. The van der Waals surface area contributed by atoms with Crippen LogP contribution in [0.15, 0.2) is 18.5 Å². The minimum atomic E-state index is 0.143. The van der Waals surface area contributed by atoms with Crippen LogP contribution in [0.5, 0.6) is 5.88 Å². The van der Waals surface area contributed by atoms with Crippen LogP contribution in [0.3, 0.4) is 0 Å². The quantitative estimate of drug-likeness (QED) is 0.867. The highest BCUT2D eigenvalue weighted by atomic mass is 16.5. The van der Waals surface area contributed by atoms with Crippen LogP contribution in [0.1, 0.15) is 19.8 Å². The van der Waals surface area contributed by atoms with Crippen molar-refractivity contribution < 1.29 is 9.47 Å². The number of likely N-dealkylation sites (tertiary alicyclic amines) is 1. The lowest BCUT2D eigenvalue weighted by Crippen LogP contribution is -2.35. The molecular formula is C17H25N5O2. The second kappa shape index (κ2) is 7.72. The molecule has 3 rings (SSSR count). The Balaban J connectivity index is 1.75. The summed E-state index contributed by atoms with van der Waals surface area (Å²) in [5.74, 6) is 1.21. The molecule has 1 unspecified atom stereocenters. The van der Waals surface area contributed by atoms with Crippen molar-refractivity contribution in [2.24, 2.45) is 0 Å². The predicted molar refractivity (Wildman–Crippen MR) is 93.4 cm³/mol. The molecule has 0 radical (unpaired) electrons. The number of ether oxygens (including phenoxy) is 2. The summed E-state index contributed by atoms with van der Waals surface area (Å²) in [6.45, 7) is 4.73. The van der Waals surface area contributed by atoms with Crippen LogP contribution >= 0.6 is 0 Å². The normalized spacial score (nSPS) is 17.8. The molecule has 0 aromatic carbocycles. The molecule has 1 N–H and O–H groups in total. The largest absolute Gasteiger partial charge is 0.474 e.